The first kappa shape index (κ1) is 12.7. The second-order valence-electron chi connectivity index (χ2n) is 4.13. The Labute approximate surface area is 97.8 Å². The predicted molar refractivity (Wildman–Crippen MR) is 68.7 cm³/mol. The standard InChI is InChI=1S/C13H21N3/c1-3-16(8-7-13(14)15)10-12-6-4-5-11(2)9-12/h4-6,9H,3,7-8,10H2,1-2H3,(H3,14,15). The van der Waals surface area contributed by atoms with E-state index in [1.54, 1.807) is 0 Å². The van der Waals surface area contributed by atoms with Crippen LogP contribution in [0.2, 0.25) is 0 Å². The average molecular weight is 219 g/mol. The van der Waals surface area contributed by atoms with E-state index < -0.39 is 0 Å². The van der Waals surface area contributed by atoms with Gasteiger partial charge in [0.2, 0.25) is 0 Å². The summed E-state index contributed by atoms with van der Waals surface area (Å²) in [5.74, 6) is 0.266. The van der Waals surface area contributed by atoms with E-state index in [1.165, 1.54) is 11.1 Å². The lowest BCUT2D eigenvalue weighted by atomic mass is 10.1. The molecule has 0 aliphatic heterocycles. The summed E-state index contributed by atoms with van der Waals surface area (Å²) in [5, 5.41) is 7.23. The summed E-state index contributed by atoms with van der Waals surface area (Å²) in [4.78, 5) is 2.30. The third kappa shape index (κ3) is 4.45. The minimum absolute atomic E-state index is 0.266. The van der Waals surface area contributed by atoms with Crippen LogP contribution in [0, 0.1) is 12.3 Å². The molecule has 0 aliphatic rings. The van der Waals surface area contributed by atoms with Crippen LogP contribution in [0.15, 0.2) is 24.3 Å². The predicted octanol–water partition coefficient (Wildman–Crippen LogP) is 2.14. The zero-order chi connectivity index (χ0) is 12.0. The highest BCUT2D eigenvalue weighted by Crippen LogP contribution is 2.07. The van der Waals surface area contributed by atoms with Crippen LogP contribution in [0.1, 0.15) is 24.5 Å². The molecule has 0 unspecified atom stereocenters. The van der Waals surface area contributed by atoms with Gasteiger partial charge in [0.05, 0.1) is 5.84 Å². The van der Waals surface area contributed by atoms with Crippen LogP contribution in [0.4, 0.5) is 0 Å². The van der Waals surface area contributed by atoms with E-state index in [0.29, 0.717) is 6.42 Å². The number of rotatable bonds is 6. The molecule has 0 saturated carbocycles. The molecule has 0 aromatic heterocycles. The van der Waals surface area contributed by atoms with E-state index in [0.717, 1.165) is 19.6 Å². The molecule has 0 heterocycles. The summed E-state index contributed by atoms with van der Waals surface area (Å²) in [5.41, 5.74) is 7.99. The molecule has 0 bridgehead atoms. The molecule has 0 amide bonds. The lowest BCUT2D eigenvalue weighted by Gasteiger charge is -2.20. The first-order chi connectivity index (χ1) is 7.61. The molecule has 3 N–H and O–H groups in total. The minimum atomic E-state index is 0.266. The molecular weight excluding hydrogens is 198 g/mol. The van der Waals surface area contributed by atoms with Gasteiger partial charge in [-0.3, -0.25) is 10.3 Å². The normalized spacial score (nSPS) is 10.7. The highest BCUT2D eigenvalue weighted by atomic mass is 15.1. The van der Waals surface area contributed by atoms with Crippen molar-refractivity contribution in [3.8, 4) is 0 Å². The Morgan fingerprint density at radius 2 is 2.19 bits per heavy atom. The Morgan fingerprint density at radius 3 is 2.75 bits per heavy atom. The molecule has 1 rings (SSSR count). The van der Waals surface area contributed by atoms with Gasteiger partial charge in [0.25, 0.3) is 0 Å². The van der Waals surface area contributed by atoms with E-state index in [1.807, 2.05) is 0 Å². The Bertz CT molecular complexity index is 347. The number of benzene rings is 1. The number of amidine groups is 1. The van der Waals surface area contributed by atoms with Gasteiger partial charge in [-0.25, -0.2) is 0 Å². The van der Waals surface area contributed by atoms with Gasteiger partial charge in [-0.15, -0.1) is 0 Å². The SMILES string of the molecule is CCN(CCC(=N)N)Cc1cccc(C)c1. The topological polar surface area (TPSA) is 53.1 Å². The van der Waals surface area contributed by atoms with Gasteiger partial charge >= 0.3 is 0 Å². The summed E-state index contributed by atoms with van der Waals surface area (Å²) in [6, 6.07) is 8.54. The molecule has 1 aromatic carbocycles. The molecule has 0 saturated heterocycles. The van der Waals surface area contributed by atoms with Gasteiger partial charge in [0.15, 0.2) is 0 Å². The number of hydrogen-bond donors (Lipinski definition) is 2. The second-order valence-corrected chi connectivity index (χ2v) is 4.13. The molecule has 0 spiro atoms. The van der Waals surface area contributed by atoms with Crippen molar-refractivity contribution in [2.75, 3.05) is 13.1 Å². The number of aryl methyl sites for hydroxylation is 1. The van der Waals surface area contributed by atoms with Crippen molar-refractivity contribution >= 4 is 5.84 Å². The Balaban J connectivity index is 2.52. The highest BCUT2D eigenvalue weighted by molar-refractivity contribution is 5.76. The first-order valence-corrected chi connectivity index (χ1v) is 5.72. The van der Waals surface area contributed by atoms with Crippen molar-refractivity contribution in [2.45, 2.75) is 26.8 Å². The molecule has 0 radical (unpaired) electrons. The van der Waals surface area contributed by atoms with Crippen LogP contribution in [0.25, 0.3) is 0 Å². The molecule has 0 atom stereocenters. The van der Waals surface area contributed by atoms with Gasteiger partial charge in [0.1, 0.15) is 0 Å². The molecule has 0 aliphatic carbocycles. The van der Waals surface area contributed by atoms with E-state index in [4.69, 9.17) is 11.1 Å². The maximum absolute atomic E-state index is 7.23. The maximum Gasteiger partial charge on any atom is 0.0918 e. The fraction of sp³-hybridized carbons (Fsp3) is 0.462. The Hall–Kier alpha value is -1.35. The number of nitrogens with two attached hydrogens (primary N) is 1. The van der Waals surface area contributed by atoms with E-state index in [-0.39, 0.29) is 5.84 Å². The van der Waals surface area contributed by atoms with Crippen molar-refractivity contribution in [3.63, 3.8) is 0 Å². The largest absolute Gasteiger partial charge is 0.388 e. The fourth-order valence-electron chi connectivity index (χ4n) is 1.70. The zero-order valence-corrected chi connectivity index (χ0v) is 10.2. The van der Waals surface area contributed by atoms with Crippen LogP contribution in [0.5, 0.6) is 0 Å². The molecule has 3 heteroatoms. The summed E-state index contributed by atoms with van der Waals surface area (Å²) in [6.07, 6.45) is 0.652. The average Bonchev–Trinajstić information content (AvgIpc) is 2.24. The van der Waals surface area contributed by atoms with Crippen molar-refractivity contribution in [1.82, 2.24) is 4.90 Å². The van der Waals surface area contributed by atoms with Gasteiger partial charge in [-0.2, -0.15) is 0 Å². The van der Waals surface area contributed by atoms with Crippen LogP contribution in [-0.4, -0.2) is 23.8 Å². The van der Waals surface area contributed by atoms with Crippen molar-refractivity contribution in [1.29, 1.82) is 5.41 Å². The monoisotopic (exact) mass is 219 g/mol. The Kier molecular flexibility index (Phi) is 4.99. The van der Waals surface area contributed by atoms with Crippen molar-refractivity contribution in [3.05, 3.63) is 35.4 Å². The third-order valence-corrected chi connectivity index (χ3v) is 2.63. The van der Waals surface area contributed by atoms with E-state index in [2.05, 4.69) is 43.0 Å². The lowest BCUT2D eigenvalue weighted by Crippen LogP contribution is -2.27. The lowest BCUT2D eigenvalue weighted by molar-refractivity contribution is 0.288. The summed E-state index contributed by atoms with van der Waals surface area (Å²) < 4.78 is 0. The van der Waals surface area contributed by atoms with E-state index >= 15 is 0 Å². The smallest absolute Gasteiger partial charge is 0.0918 e. The summed E-state index contributed by atoms with van der Waals surface area (Å²) in [6.45, 7) is 7.03. The molecule has 0 fully saturated rings. The van der Waals surface area contributed by atoms with Gasteiger partial charge in [-0.05, 0) is 19.0 Å². The minimum Gasteiger partial charge on any atom is -0.388 e. The van der Waals surface area contributed by atoms with Gasteiger partial charge in [0, 0.05) is 19.5 Å². The summed E-state index contributed by atoms with van der Waals surface area (Å²) in [7, 11) is 0. The highest BCUT2D eigenvalue weighted by Gasteiger charge is 2.04. The number of hydrogen-bond acceptors (Lipinski definition) is 2. The second kappa shape index (κ2) is 6.28. The number of nitrogens with zero attached hydrogens (tertiary/aromatic N) is 1. The maximum atomic E-state index is 7.23. The molecule has 1 aromatic rings. The van der Waals surface area contributed by atoms with Crippen LogP contribution in [-0.2, 0) is 6.54 Å². The van der Waals surface area contributed by atoms with Gasteiger partial charge < -0.3 is 5.73 Å². The third-order valence-electron chi connectivity index (χ3n) is 2.63. The first-order valence-electron chi connectivity index (χ1n) is 5.72. The van der Waals surface area contributed by atoms with E-state index in [9.17, 15) is 0 Å². The van der Waals surface area contributed by atoms with Crippen LogP contribution in [0.3, 0.4) is 0 Å². The Morgan fingerprint density at radius 1 is 1.44 bits per heavy atom. The molecule has 88 valence electrons. The number of nitrogens with one attached hydrogen (secondary N) is 1. The van der Waals surface area contributed by atoms with Crippen molar-refractivity contribution in [2.24, 2.45) is 5.73 Å². The summed E-state index contributed by atoms with van der Waals surface area (Å²) >= 11 is 0. The molecular formula is C13H21N3. The van der Waals surface area contributed by atoms with Crippen LogP contribution < -0.4 is 5.73 Å². The van der Waals surface area contributed by atoms with Crippen molar-refractivity contribution < 1.29 is 0 Å². The molecule has 3 nitrogen and oxygen atoms in total. The molecule has 16 heavy (non-hydrogen) atoms. The van der Waals surface area contributed by atoms with Gasteiger partial charge in [-0.1, -0.05) is 36.8 Å². The quantitative estimate of drug-likeness (QED) is 0.569. The van der Waals surface area contributed by atoms with Crippen LogP contribution >= 0.6 is 0 Å². The fourth-order valence-corrected chi connectivity index (χ4v) is 1.70. The zero-order valence-electron chi connectivity index (χ0n) is 10.2.